The zero-order valence-corrected chi connectivity index (χ0v) is 20.1. The third kappa shape index (κ3) is 6.40. The molecule has 0 saturated carbocycles. The molecule has 0 aromatic heterocycles. The topological polar surface area (TPSA) is 93.7 Å². The van der Waals surface area contributed by atoms with Crippen LogP contribution in [-0.4, -0.2) is 34.6 Å². The van der Waals surface area contributed by atoms with Crippen molar-refractivity contribution < 1.29 is 22.7 Å². The van der Waals surface area contributed by atoms with Gasteiger partial charge in [-0.1, -0.05) is 23.7 Å². The van der Waals surface area contributed by atoms with Crippen LogP contribution in [0.2, 0.25) is 5.02 Å². The van der Waals surface area contributed by atoms with Gasteiger partial charge in [0.2, 0.25) is 0 Å². The van der Waals surface area contributed by atoms with Gasteiger partial charge in [-0.2, -0.15) is 0 Å². The molecular formula is C24H25ClN2O5S. The van der Waals surface area contributed by atoms with Gasteiger partial charge in [-0.15, -0.1) is 0 Å². The van der Waals surface area contributed by atoms with Gasteiger partial charge in [0.25, 0.3) is 15.9 Å². The minimum Gasteiger partial charge on any atom is -0.497 e. The van der Waals surface area contributed by atoms with Crippen LogP contribution in [0.3, 0.4) is 0 Å². The number of rotatable bonds is 9. The second-order valence-electron chi connectivity index (χ2n) is 7.33. The maximum Gasteiger partial charge on any atom is 0.263 e. The highest BCUT2D eigenvalue weighted by Crippen LogP contribution is 2.26. The summed E-state index contributed by atoms with van der Waals surface area (Å²) in [6.45, 7) is 4.28. The van der Waals surface area contributed by atoms with Gasteiger partial charge in [0.15, 0.2) is 0 Å². The quantitative estimate of drug-likeness (QED) is 0.430. The number of anilines is 1. The molecule has 0 spiro atoms. The second-order valence-corrected chi connectivity index (χ2v) is 9.39. The van der Waals surface area contributed by atoms with E-state index in [4.69, 9.17) is 21.1 Å². The van der Waals surface area contributed by atoms with E-state index in [0.717, 1.165) is 11.1 Å². The number of sulfonamides is 1. The largest absolute Gasteiger partial charge is 0.497 e. The molecule has 0 aliphatic heterocycles. The zero-order valence-electron chi connectivity index (χ0n) is 18.5. The Morgan fingerprint density at radius 3 is 2.45 bits per heavy atom. The number of aryl methyl sites for hydroxylation is 2. The highest BCUT2D eigenvalue weighted by Gasteiger charge is 2.20. The Bertz CT molecular complexity index is 1260. The number of benzene rings is 3. The number of nitrogens with one attached hydrogen (secondary N) is 2. The van der Waals surface area contributed by atoms with Gasteiger partial charge in [-0.3, -0.25) is 9.52 Å². The van der Waals surface area contributed by atoms with Crippen molar-refractivity contribution in [1.82, 2.24) is 5.32 Å². The summed E-state index contributed by atoms with van der Waals surface area (Å²) in [7, 11) is -2.43. The average molecular weight is 489 g/mol. The van der Waals surface area contributed by atoms with Crippen molar-refractivity contribution in [3.05, 3.63) is 82.4 Å². The van der Waals surface area contributed by atoms with Crippen LogP contribution in [0, 0.1) is 13.8 Å². The van der Waals surface area contributed by atoms with Crippen LogP contribution in [0.1, 0.15) is 21.5 Å². The Labute approximate surface area is 198 Å². The van der Waals surface area contributed by atoms with Gasteiger partial charge in [-0.25, -0.2) is 8.42 Å². The van der Waals surface area contributed by atoms with Gasteiger partial charge in [0.1, 0.15) is 23.0 Å². The van der Waals surface area contributed by atoms with Crippen LogP contribution in [0.25, 0.3) is 0 Å². The van der Waals surface area contributed by atoms with E-state index in [1.165, 1.54) is 18.2 Å². The molecule has 0 aliphatic rings. The highest BCUT2D eigenvalue weighted by atomic mass is 35.5. The lowest BCUT2D eigenvalue weighted by Gasteiger charge is -2.13. The molecule has 3 rings (SSSR count). The lowest BCUT2D eigenvalue weighted by molar-refractivity contribution is 0.0946. The standard InChI is InChI=1S/C24H25ClN2O5S/c1-16-7-9-19(13-17(16)2)27-33(29,30)23-14-18(8-10-22(23)25)24(28)26-11-12-32-21-6-4-5-20(15-21)31-3/h4-10,13-15,27H,11-12H2,1-3H3,(H,26,28). The molecule has 9 heteroatoms. The van der Waals surface area contributed by atoms with Gasteiger partial charge < -0.3 is 14.8 Å². The predicted molar refractivity (Wildman–Crippen MR) is 129 cm³/mol. The maximum absolute atomic E-state index is 12.9. The minimum atomic E-state index is -4.00. The first kappa shape index (κ1) is 24.4. The fraction of sp³-hybridized carbons (Fsp3) is 0.208. The normalized spacial score (nSPS) is 11.0. The van der Waals surface area contributed by atoms with E-state index in [-0.39, 0.29) is 28.6 Å². The molecule has 3 aromatic carbocycles. The van der Waals surface area contributed by atoms with Crippen LogP contribution >= 0.6 is 11.6 Å². The van der Waals surface area contributed by atoms with E-state index >= 15 is 0 Å². The summed E-state index contributed by atoms with van der Waals surface area (Å²) >= 11 is 6.15. The van der Waals surface area contributed by atoms with E-state index in [2.05, 4.69) is 10.0 Å². The Morgan fingerprint density at radius 1 is 0.970 bits per heavy atom. The summed E-state index contributed by atoms with van der Waals surface area (Å²) < 4.78 is 39.1. The monoisotopic (exact) mass is 488 g/mol. The van der Waals surface area contributed by atoms with Crippen molar-refractivity contribution >= 4 is 33.2 Å². The van der Waals surface area contributed by atoms with Crippen molar-refractivity contribution in [3.63, 3.8) is 0 Å². The third-order valence-electron chi connectivity index (χ3n) is 4.94. The summed E-state index contributed by atoms with van der Waals surface area (Å²) in [6.07, 6.45) is 0. The number of amides is 1. The number of carbonyl (C=O) groups excluding carboxylic acids is 1. The molecular weight excluding hydrogens is 464 g/mol. The molecule has 0 aliphatic carbocycles. The first-order valence-electron chi connectivity index (χ1n) is 10.1. The lowest BCUT2D eigenvalue weighted by Crippen LogP contribution is -2.28. The molecule has 0 bridgehead atoms. The van der Waals surface area contributed by atoms with E-state index in [1.54, 1.807) is 43.5 Å². The van der Waals surface area contributed by atoms with E-state index in [1.807, 2.05) is 19.9 Å². The minimum absolute atomic E-state index is 0.0178. The SMILES string of the molecule is COc1cccc(OCCNC(=O)c2ccc(Cl)c(S(=O)(=O)Nc3ccc(C)c(C)c3)c2)c1. The molecule has 0 saturated heterocycles. The third-order valence-corrected chi connectivity index (χ3v) is 6.80. The van der Waals surface area contributed by atoms with Gasteiger partial charge >= 0.3 is 0 Å². The van der Waals surface area contributed by atoms with Crippen molar-refractivity contribution in [2.24, 2.45) is 0 Å². The number of ether oxygens (including phenoxy) is 2. The van der Waals surface area contributed by atoms with Gasteiger partial charge in [0, 0.05) is 17.3 Å². The molecule has 2 N–H and O–H groups in total. The number of halogens is 1. The van der Waals surface area contributed by atoms with Crippen LogP contribution in [0.15, 0.2) is 65.6 Å². The highest BCUT2D eigenvalue weighted by molar-refractivity contribution is 7.92. The van der Waals surface area contributed by atoms with Crippen molar-refractivity contribution in [2.45, 2.75) is 18.7 Å². The first-order valence-corrected chi connectivity index (χ1v) is 12.0. The zero-order chi connectivity index (χ0) is 24.0. The van der Waals surface area contributed by atoms with E-state index in [0.29, 0.717) is 17.2 Å². The number of hydrogen-bond donors (Lipinski definition) is 2. The van der Waals surface area contributed by atoms with Crippen LogP contribution < -0.4 is 19.5 Å². The summed E-state index contributed by atoms with van der Waals surface area (Å²) in [5, 5.41) is 2.72. The molecule has 0 radical (unpaired) electrons. The fourth-order valence-corrected chi connectivity index (χ4v) is 4.57. The molecule has 0 unspecified atom stereocenters. The smallest absolute Gasteiger partial charge is 0.263 e. The lowest BCUT2D eigenvalue weighted by atomic mass is 10.1. The number of hydrogen-bond acceptors (Lipinski definition) is 5. The Hall–Kier alpha value is -3.23. The predicted octanol–water partition coefficient (Wildman–Crippen LogP) is 4.58. The fourth-order valence-electron chi connectivity index (χ4n) is 2.99. The first-order chi connectivity index (χ1) is 15.7. The van der Waals surface area contributed by atoms with Crippen LogP contribution in [0.4, 0.5) is 5.69 Å². The molecule has 33 heavy (non-hydrogen) atoms. The summed E-state index contributed by atoms with van der Waals surface area (Å²) in [4.78, 5) is 12.4. The molecule has 174 valence electrons. The van der Waals surface area contributed by atoms with Gasteiger partial charge in [-0.05, 0) is 67.4 Å². The van der Waals surface area contributed by atoms with E-state index in [9.17, 15) is 13.2 Å². The maximum atomic E-state index is 12.9. The summed E-state index contributed by atoms with van der Waals surface area (Å²) in [5.74, 6) is 0.838. The summed E-state index contributed by atoms with van der Waals surface area (Å²) in [6, 6.07) is 16.5. The molecule has 7 nitrogen and oxygen atoms in total. The molecule has 1 amide bonds. The Kier molecular flexibility index (Phi) is 7.84. The Balaban J connectivity index is 1.65. The average Bonchev–Trinajstić information content (AvgIpc) is 2.79. The van der Waals surface area contributed by atoms with Crippen molar-refractivity contribution in [3.8, 4) is 11.5 Å². The molecule has 0 fully saturated rings. The molecule has 0 heterocycles. The van der Waals surface area contributed by atoms with Crippen LogP contribution in [-0.2, 0) is 10.0 Å². The van der Waals surface area contributed by atoms with Crippen LogP contribution in [0.5, 0.6) is 11.5 Å². The van der Waals surface area contributed by atoms with E-state index < -0.39 is 15.9 Å². The number of carbonyl (C=O) groups is 1. The Morgan fingerprint density at radius 2 is 1.73 bits per heavy atom. The number of methoxy groups -OCH3 is 1. The second kappa shape index (κ2) is 10.6. The molecule has 0 atom stereocenters. The molecule has 3 aromatic rings. The van der Waals surface area contributed by atoms with Crippen molar-refractivity contribution in [2.75, 3.05) is 25.0 Å². The van der Waals surface area contributed by atoms with Gasteiger partial charge in [0.05, 0.1) is 18.7 Å². The van der Waals surface area contributed by atoms with Crippen molar-refractivity contribution in [1.29, 1.82) is 0 Å². The summed E-state index contributed by atoms with van der Waals surface area (Å²) in [5.41, 5.74) is 2.58.